The lowest BCUT2D eigenvalue weighted by atomic mass is 10.1. The van der Waals surface area contributed by atoms with Gasteiger partial charge in [0.05, 0.1) is 28.9 Å². The van der Waals surface area contributed by atoms with Crippen LogP contribution < -0.4 is 14.4 Å². The van der Waals surface area contributed by atoms with E-state index in [1.54, 1.807) is 18.2 Å². The second kappa shape index (κ2) is 9.36. The molecule has 30 heavy (non-hydrogen) atoms. The van der Waals surface area contributed by atoms with Gasteiger partial charge in [-0.05, 0) is 55.4 Å². The molecule has 1 saturated heterocycles. The Morgan fingerprint density at radius 3 is 2.33 bits per heavy atom. The number of nitrogens with one attached hydrogen (secondary N) is 1. The van der Waals surface area contributed by atoms with Crippen LogP contribution in [0, 0.1) is 0 Å². The number of anilines is 2. The molecule has 1 fully saturated rings. The number of sulfonamides is 1. The van der Waals surface area contributed by atoms with E-state index in [0.29, 0.717) is 11.4 Å². The molecule has 162 valence electrons. The minimum Gasteiger partial charge on any atom is -0.497 e. The average molecular weight is 434 g/mol. The summed E-state index contributed by atoms with van der Waals surface area (Å²) < 4.78 is 33.5. The fourth-order valence-corrected chi connectivity index (χ4v) is 4.58. The Labute approximate surface area is 177 Å². The second-order valence-electron chi connectivity index (χ2n) is 7.15. The van der Waals surface area contributed by atoms with E-state index >= 15 is 0 Å². The van der Waals surface area contributed by atoms with Crippen molar-refractivity contribution >= 4 is 27.4 Å². The van der Waals surface area contributed by atoms with Crippen molar-refractivity contribution in [2.24, 2.45) is 0 Å². The lowest BCUT2D eigenvalue weighted by molar-refractivity contribution is 0.0697. The minimum absolute atomic E-state index is 0.0239. The summed E-state index contributed by atoms with van der Waals surface area (Å²) in [5.41, 5.74) is 0.957. The molecule has 1 heterocycles. The fraction of sp³-hybridized carbons (Fsp3) is 0.381. The molecule has 0 unspecified atom stereocenters. The molecule has 0 bridgehead atoms. The zero-order valence-electron chi connectivity index (χ0n) is 17.2. The van der Waals surface area contributed by atoms with Crippen molar-refractivity contribution < 1.29 is 23.1 Å². The summed E-state index contributed by atoms with van der Waals surface area (Å²) in [6.45, 7) is 6.40. The van der Waals surface area contributed by atoms with Crippen LogP contribution >= 0.6 is 0 Å². The third kappa shape index (κ3) is 5.03. The summed E-state index contributed by atoms with van der Waals surface area (Å²) in [7, 11) is -2.39. The van der Waals surface area contributed by atoms with Crippen molar-refractivity contribution in [3.05, 3.63) is 48.0 Å². The summed E-state index contributed by atoms with van der Waals surface area (Å²) in [5, 5.41) is 9.37. The Bertz CT molecular complexity index is 984. The number of benzene rings is 2. The number of piperazine rings is 1. The predicted octanol–water partition coefficient (Wildman–Crippen LogP) is 2.73. The number of methoxy groups -OCH3 is 1. The Balaban J connectivity index is 1.89. The summed E-state index contributed by atoms with van der Waals surface area (Å²) in [4.78, 5) is 16.0. The van der Waals surface area contributed by atoms with E-state index in [4.69, 9.17) is 4.74 Å². The van der Waals surface area contributed by atoms with E-state index in [9.17, 15) is 18.3 Å². The first kappa shape index (κ1) is 21.9. The fourth-order valence-electron chi connectivity index (χ4n) is 3.51. The van der Waals surface area contributed by atoms with Crippen molar-refractivity contribution in [3.63, 3.8) is 0 Å². The SMILES string of the molecule is CCCN1CCN(c2ccc(C(=O)O)cc2NS(=O)(=O)c2ccc(OC)cc2)CC1. The van der Waals surface area contributed by atoms with Gasteiger partial charge in [0.2, 0.25) is 0 Å². The van der Waals surface area contributed by atoms with Gasteiger partial charge in [-0.25, -0.2) is 13.2 Å². The average Bonchev–Trinajstić information content (AvgIpc) is 2.74. The number of carboxylic acid groups (broad SMARTS) is 1. The number of carboxylic acids is 1. The van der Waals surface area contributed by atoms with Crippen molar-refractivity contribution in [1.82, 2.24) is 4.90 Å². The van der Waals surface area contributed by atoms with Crippen LogP contribution in [-0.2, 0) is 10.0 Å². The number of nitrogens with zero attached hydrogens (tertiary/aromatic N) is 2. The van der Waals surface area contributed by atoms with Crippen LogP contribution in [0.15, 0.2) is 47.4 Å². The lowest BCUT2D eigenvalue weighted by Crippen LogP contribution is -2.46. The van der Waals surface area contributed by atoms with Gasteiger partial charge in [-0.15, -0.1) is 0 Å². The Morgan fingerprint density at radius 1 is 1.10 bits per heavy atom. The first-order chi connectivity index (χ1) is 14.3. The van der Waals surface area contributed by atoms with Crippen LogP contribution in [0.4, 0.5) is 11.4 Å². The monoisotopic (exact) mass is 433 g/mol. The zero-order chi connectivity index (χ0) is 21.7. The molecule has 2 aromatic carbocycles. The lowest BCUT2D eigenvalue weighted by Gasteiger charge is -2.37. The highest BCUT2D eigenvalue weighted by molar-refractivity contribution is 7.92. The van der Waals surface area contributed by atoms with E-state index in [-0.39, 0.29) is 16.1 Å². The maximum absolute atomic E-state index is 12.9. The van der Waals surface area contributed by atoms with Crippen LogP contribution in [0.3, 0.4) is 0 Å². The molecule has 9 heteroatoms. The number of ether oxygens (including phenoxy) is 1. The molecular weight excluding hydrogens is 406 g/mol. The summed E-state index contributed by atoms with van der Waals surface area (Å²) >= 11 is 0. The molecule has 2 N–H and O–H groups in total. The zero-order valence-corrected chi connectivity index (χ0v) is 18.0. The Kier molecular flexibility index (Phi) is 6.84. The van der Waals surface area contributed by atoms with E-state index in [2.05, 4.69) is 21.4 Å². The normalized spacial score (nSPS) is 15.1. The van der Waals surface area contributed by atoms with Crippen molar-refractivity contribution in [3.8, 4) is 5.75 Å². The molecule has 0 aromatic heterocycles. The molecule has 2 aromatic rings. The molecule has 0 radical (unpaired) electrons. The van der Waals surface area contributed by atoms with Gasteiger partial charge in [-0.2, -0.15) is 0 Å². The quantitative estimate of drug-likeness (QED) is 0.660. The molecule has 3 rings (SSSR count). The molecule has 0 amide bonds. The first-order valence-corrected chi connectivity index (χ1v) is 11.3. The van der Waals surface area contributed by atoms with Gasteiger partial charge < -0.3 is 14.7 Å². The van der Waals surface area contributed by atoms with E-state index in [1.807, 2.05) is 0 Å². The van der Waals surface area contributed by atoms with Crippen molar-refractivity contribution in [2.45, 2.75) is 18.2 Å². The Hall–Kier alpha value is -2.78. The van der Waals surface area contributed by atoms with E-state index in [1.165, 1.54) is 31.4 Å². The predicted molar refractivity (Wildman–Crippen MR) is 116 cm³/mol. The molecule has 0 atom stereocenters. The second-order valence-corrected chi connectivity index (χ2v) is 8.83. The first-order valence-electron chi connectivity index (χ1n) is 9.85. The summed E-state index contributed by atoms with van der Waals surface area (Å²) in [6.07, 6.45) is 1.08. The molecule has 0 spiro atoms. The minimum atomic E-state index is -3.90. The van der Waals surface area contributed by atoms with Crippen LogP contribution in [0.2, 0.25) is 0 Å². The highest BCUT2D eigenvalue weighted by Gasteiger charge is 2.23. The van der Waals surface area contributed by atoms with Gasteiger partial charge in [-0.3, -0.25) is 9.62 Å². The number of rotatable bonds is 8. The van der Waals surface area contributed by atoms with Gasteiger partial charge in [-0.1, -0.05) is 6.92 Å². The molecule has 1 aliphatic heterocycles. The van der Waals surface area contributed by atoms with Gasteiger partial charge >= 0.3 is 5.97 Å². The standard InChI is InChI=1S/C21H27N3O5S/c1-3-10-23-11-13-24(14-12-23)20-9-4-16(21(25)26)15-19(20)22-30(27,28)18-7-5-17(29-2)6-8-18/h4-9,15,22H,3,10-14H2,1-2H3,(H,25,26). The highest BCUT2D eigenvalue weighted by Crippen LogP contribution is 2.31. The summed E-state index contributed by atoms with van der Waals surface area (Å²) in [5.74, 6) is -0.563. The van der Waals surface area contributed by atoms with Crippen molar-refractivity contribution in [2.75, 3.05) is 49.5 Å². The van der Waals surface area contributed by atoms with Crippen molar-refractivity contribution in [1.29, 1.82) is 0 Å². The van der Waals surface area contributed by atoms with Crippen LogP contribution in [0.5, 0.6) is 5.75 Å². The third-order valence-corrected chi connectivity index (χ3v) is 6.49. The smallest absolute Gasteiger partial charge is 0.335 e. The molecule has 0 aliphatic carbocycles. The number of carbonyl (C=O) groups is 1. The Morgan fingerprint density at radius 2 is 1.77 bits per heavy atom. The van der Waals surface area contributed by atoms with Crippen LogP contribution in [0.25, 0.3) is 0 Å². The van der Waals surface area contributed by atoms with Gasteiger partial charge in [0, 0.05) is 26.2 Å². The topological polar surface area (TPSA) is 99.2 Å². The molecule has 8 nitrogen and oxygen atoms in total. The maximum Gasteiger partial charge on any atom is 0.335 e. The molecule has 0 saturated carbocycles. The molecular formula is C21H27N3O5S. The van der Waals surface area contributed by atoms with E-state index in [0.717, 1.165) is 39.1 Å². The largest absolute Gasteiger partial charge is 0.497 e. The maximum atomic E-state index is 12.9. The van der Waals surface area contributed by atoms with E-state index < -0.39 is 16.0 Å². The number of hydrogen-bond acceptors (Lipinski definition) is 6. The third-order valence-electron chi connectivity index (χ3n) is 5.11. The number of hydrogen-bond donors (Lipinski definition) is 2. The van der Waals surface area contributed by atoms with Gasteiger partial charge in [0.1, 0.15) is 5.75 Å². The molecule has 1 aliphatic rings. The van der Waals surface area contributed by atoms with Crippen LogP contribution in [-0.4, -0.2) is 64.2 Å². The summed E-state index contributed by atoms with van der Waals surface area (Å²) in [6, 6.07) is 10.6. The van der Waals surface area contributed by atoms with Gasteiger partial charge in [0.15, 0.2) is 0 Å². The van der Waals surface area contributed by atoms with Crippen LogP contribution in [0.1, 0.15) is 23.7 Å². The highest BCUT2D eigenvalue weighted by atomic mass is 32.2. The number of aromatic carboxylic acids is 1. The van der Waals surface area contributed by atoms with Gasteiger partial charge in [0.25, 0.3) is 10.0 Å².